The molecule has 1 aliphatic rings. The Balaban J connectivity index is 1.79. The maximum Gasteiger partial charge on any atom is 0.293 e. The zero-order chi connectivity index (χ0) is 20.3. The number of carbonyl (C=O) groups excluding carboxylic acids is 3. The molecule has 28 heavy (non-hydrogen) atoms. The van der Waals surface area contributed by atoms with Gasteiger partial charge in [-0.05, 0) is 54.9 Å². The van der Waals surface area contributed by atoms with Gasteiger partial charge in [-0.2, -0.15) is 0 Å². The monoisotopic (exact) mass is 398 g/mol. The van der Waals surface area contributed by atoms with Crippen molar-refractivity contribution in [3.8, 4) is 0 Å². The Morgan fingerprint density at radius 3 is 2.50 bits per heavy atom. The number of hydrogen-bond acceptors (Lipinski definition) is 5. The lowest BCUT2D eigenvalue weighted by Crippen LogP contribution is -2.38. The van der Waals surface area contributed by atoms with E-state index < -0.39 is 5.25 Å². The number of rotatable bonds is 6. The number of hydrogen-bond donors (Lipinski definition) is 1. The van der Waals surface area contributed by atoms with E-state index in [0.717, 1.165) is 22.9 Å². The molecule has 6 nitrogen and oxygen atoms in total. The van der Waals surface area contributed by atoms with Crippen molar-refractivity contribution in [2.45, 2.75) is 25.5 Å². The largest absolute Gasteiger partial charge is 0.395 e. The number of benzene rings is 2. The van der Waals surface area contributed by atoms with Crippen LogP contribution in [0.2, 0.25) is 0 Å². The Kier molecular flexibility index (Phi) is 6.16. The van der Waals surface area contributed by atoms with Crippen molar-refractivity contribution in [2.24, 2.45) is 0 Å². The molecule has 1 saturated heterocycles. The average molecular weight is 398 g/mol. The van der Waals surface area contributed by atoms with Gasteiger partial charge in [0.1, 0.15) is 5.25 Å². The second-order valence-electron chi connectivity index (χ2n) is 6.57. The van der Waals surface area contributed by atoms with Crippen LogP contribution in [-0.4, -0.2) is 40.6 Å². The first kappa shape index (κ1) is 20.1. The highest BCUT2D eigenvalue weighted by Crippen LogP contribution is 2.36. The van der Waals surface area contributed by atoms with Crippen molar-refractivity contribution >= 4 is 40.2 Å². The third-order valence-electron chi connectivity index (χ3n) is 4.79. The van der Waals surface area contributed by atoms with E-state index in [0.29, 0.717) is 11.4 Å². The summed E-state index contributed by atoms with van der Waals surface area (Å²) in [4.78, 5) is 40.8. The number of aliphatic hydroxyl groups excluding tert-OH is 1. The zero-order valence-electron chi connectivity index (χ0n) is 15.8. The molecule has 0 bridgehead atoms. The summed E-state index contributed by atoms with van der Waals surface area (Å²) in [5, 5.41) is 8.18. The second kappa shape index (κ2) is 8.58. The van der Waals surface area contributed by atoms with Gasteiger partial charge in [0.25, 0.3) is 5.24 Å². The predicted molar refractivity (Wildman–Crippen MR) is 111 cm³/mol. The molecule has 1 fully saturated rings. The van der Waals surface area contributed by atoms with Gasteiger partial charge in [-0.15, -0.1) is 0 Å². The van der Waals surface area contributed by atoms with Crippen molar-refractivity contribution in [1.82, 2.24) is 0 Å². The Bertz CT molecular complexity index is 901. The molecule has 3 rings (SSSR count). The summed E-state index contributed by atoms with van der Waals surface area (Å²) in [5.41, 5.74) is 3.06. The van der Waals surface area contributed by atoms with Gasteiger partial charge in [-0.1, -0.05) is 30.3 Å². The van der Waals surface area contributed by atoms with Crippen LogP contribution >= 0.6 is 11.8 Å². The number of anilines is 2. The predicted octanol–water partition coefficient (Wildman–Crippen LogP) is 3.29. The molecule has 0 saturated carbocycles. The van der Waals surface area contributed by atoms with Gasteiger partial charge >= 0.3 is 0 Å². The molecule has 1 aliphatic heterocycles. The number of imide groups is 1. The molecule has 1 N–H and O–H groups in total. The maximum absolute atomic E-state index is 12.9. The maximum atomic E-state index is 12.9. The molecule has 1 atom stereocenters. The number of thioether (sulfide) groups is 1. The Labute approximate surface area is 168 Å². The normalized spacial score (nSPS) is 16.5. The van der Waals surface area contributed by atoms with Gasteiger partial charge in [-0.3, -0.25) is 14.4 Å². The Morgan fingerprint density at radius 1 is 1.11 bits per heavy atom. The molecule has 0 aliphatic carbocycles. The topological polar surface area (TPSA) is 77.9 Å². The number of aliphatic hydroxyl groups is 1. The molecular weight excluding hydrogens is 376 g/mol. The fourth-order valence-electron chi connectivity index (χ4n) is 3.16. The molecule has 0 aromatic heterocycles. The molecule has 1 unspecified atom stereocenters. The second-order valence-corrected chi connectivity index (χ2v) is 7.73. The lowest BCUT2D eigenvalue weighted by molar-refractivity contribution is -0.122. The highest BCUT2D eigenvalue weighted by atomic mass is 32.2. The number of nitrogens with zero attached hydrogens (tertiary/aromatic N) is 2. The molecule has 3 amide bonds. The quantitative estimate of drug-likeness (QED) is 0.808. The van der Waals surface area contributed by atoms with Crippen LogP contribution in [0, 0.1) is 13.8 Å². The minimum Gasteiger partial charge on any atom is -0.395 e. The van der Waals surface area contributed by atoms with Crippen LogP contribution in [0.5, 0.6) is 0 Å². The fourth-order valence-corrected chi connectivity index (χ4v) is 4.13. The number of para-hydroxylation sites is 1. The molecule has 7 heteroatoms. The van der Waals surface area contributed by atoms with Crippen LogP contribution in [0.3, 0.4) is 0 Å². The average Bonchev–Trinajstić information content (AvgIpc) is 2.96. The van der Waals surface area contributed by atoms with E-state index in [9.17, 15) is 19.5 Å². The van der Waals surface area contributed by atoms with Crippen molar-refractivity contribution in [1.29, 1.82) is 0 Å². The van der Waals surface area contributed by atoms with E-state index in [1.807, 2.05) is 26.0 Å². The van der Waals surface area contributed by atoms with Crippen LogP contribution in [0.25, 0.3) is 0 Å². The molecule has 0 radical (unpaired) electrons. The highest BCUT2D eigenvalue weighted by Gasteiger charge is 2.42. The number of aryl methyl sites for hydroxylation is 1. The van der Waals surface area contributed by atoms with Gasteiger partial charge in [0, 0.05) is 18.7 Å². The van der Waals surface area contributed by atoms with Crippen LogP contribution < -0.4 is 9.80 Å². The fraction of sp³-hybridized carbons (Fsp3) is 0.286. The Morgan fingerprint density at radius 2 is 1.82 bits per heavy atom. The van der Waals surface area contributed by atoms with Crippen molar-refractivity contribution in [3.05, 3.63) is 59.7 Å². The van der Waals surface area contributed by atoms with Crippen LogP contribution in [0.1, 0.15) is 17.5 Å². The summed E-state index contributed by atoms with van der Waals surface area (Å²) in [5.74, 6) is -0.684. The minimum absolute atomic E-state index is 0.106. The van der Waals surface area contributed by atoms with E-state index in [2.05, 4.69) is 0 Å². The first-order chi connectivity index (χ1) is 13.4. The van der Waals surface area contributed by atoms with E-state index in [4.69, 9.17) is 0 Å². The van der Waals surface area contributed by atoms with Crippen molar-refractivity contribution in [3.63, 3.8) is 0 Å². The third-order valence-corrected chi connectivity index (χ3v) is 5.83. The van der Waals surface area contributed by atoms with Gasteiger partial charge in [0.2, 0.25) is 11.8 Å². The summed E-state index contributed by atoms with van der Waals surface area (Å²) in [6.45, 7) is 3.72. The highest BCUT2D eigenvalue weighted by molar-refractivity contribution is 8.15. The van der Waals surface area contributed by atoms with Crippen LogP contribution in [0.15, 0.2) is 48.5 Å². The van der Waals surface area contributed by atoms with Gasteiger partial charge < -0.3 is 10.0 Å². The molecule has 2 aromatic rings. The summed E-state index contributed by atoms with van der Waals surface area (Å²) < 4.78 is 0. The van der Waals surface area contributed by atoms with E-state index in [1.165, 1.54) is 9.80 Å². The zero-order valence-corrected chi connectivity index (χ0v) is 16.6. The van der Waals surface area contributed by atoms with E-state index >= 15 is 0 Å². The van der Waals surface area contributed by atoms with Crippen LogP contribution in [0.4, 0.5) is 16.2 Å². The molecule has 1 heterocycles. The van der Waals surface area contributed by atoms with Gasteiger partial charge in [-0.25, -0.2) is 4.90 Å². The summed E-state index contributed by atoms with van der Waals surface area (Å²) in [6, 6.07) is 14.4. The summed E-state index contributed by atoms with van der Waals surface area (Å²) in [7, 11) is 0. The lowest BCUT2D eigenvalue weighted by Gasteiger charge is -2.23. The van der Waals surface area contributed by atoms with E-state index in [-0.39, 0.29) is 36.6 Å². The third kappa shape index (κ3) is 3.95. The molecular formula is C21H22N2O4S. The Hall–Kier alpha value is -2.64. The summed E-state index contributed by atoms with van der Waals surface area (Å²) >= 11 is 0.878. The number of carbonyl (C=O) groups is 3. The van der Waals surface area contributed by atoms with Crippen molar-refractivity contribution in [2.75, 3.05) is 23.0 Å². The molecule has 0 spiro atoms. The molecule has 2 aromatic carbocycles. The lowest BCUT2D eigenvalue weighted by atomic mass is 10.1. The standard InChI is InChI=1S/C21H22N2O4S/c1-14-7-6-10-17(15(14)2)23-20(26)18(28-21(23)27)13-19(25)22(11-12-24)16-8-4-3-5-9-16/h3-10,18,24H,11-13H2,1-2H3. The van der Waals surface area contributed by atoms with Gasteiger partial charge in [0.05, 0.1) is 12.3 Å². The summed E-state index contributed by atoms with van der Waals surface area (Å²) in [6.07, 6.45) is -0.106. The first-order valence-electron chi connectivity index (χ1n) is 9.01. The minimum atomic E-state index is -0.773. The van der Waals surface area contributed by atoms with Gasteiger partial charge in [0.15, 0.2) is 0 Å². The van der Waals surface area contributed by atoms with Crippen LogP contribution in [-0.2, 0) is 9.59 Å². The SMILES string of the molecule is Cc1cccc(N2C(=O)SC(CC(=O)N(CCO)c3ccccc3)C2=O)c1C. The first-order valence-corrected chi connectivity index (χ1v) is 9.89. The molecule has 146 valence electrons. The van der Waals surface area contributed by atoms with Crippen molar-refractivity contribution < 1.29 is 19.5 Å². The smallest absolute Gasteiger partial charge is 0.293 e. The number of amides is 3. The van der Waals surface area contributed by atoms with E-state index in [1.54, 1.807) is 36.4 Å².